The summed E-state index contributed by atoms with van der Waals surface area (Å²) in [5.74, 6) is 6.77. The summed E-state index contributed by atoms with van der Waals surface area (Å²) in [7, 11) is -1.78. The SMILES string of the molecule is C=C1CC2C(CCc3ccc4c(oc5ccccc54)c3-c3n(-c4c(C(C)C)cccc4C(C)C)c4ccccc4[n+]31)c1ccccc1-c1cc(CC3C4CC5CC(C4)CC3C5)c([Si](C)(C)C)c[n+]12. The number of fused-ring (bicyclic) bond motifs is 15. The Morgan fingerprint density at radius 2 is 1.44 bits per heavy atom. The van der Waals surface area contributed by atoms with Gasteiger partial charge in [0.2, 0.25) is 5.69 Å². The van der Waals surface area contributed by atoms with E-state index in [-0.39, 0.29) is 6.04 Å². The van der Waals surface area contributed by atoms with Gasteiger partial charge in [0.05, 0.1) is 14.5 Å². The van der Waals surface area contributed by atoms with Crippen molar-refractivity contribution in [3.05, 3.63) is 150 Å². The van der Waals surface area contributed by atoms with Gasteiger partial charge in [-0.05, 0) is 134 Å². The number of benzene rings is 5. The van der Waals surface area contributed by atoms with E-state index >= 15 is 0 Å². The predicted molar refractivity (Wildman–Crippen MR) is 284 cm³/mol. The Bertz CT molecular complexity index is 3300. The Morgan fingerprint density at radius 3 is 2.18 bits per heavy atom. The lowest BCUT2D eigenvalue weighted by Gasteiger charge is -2.54. The van der Waals surface area contributed by atoms with Crippen LogP contribution in [0.5, 0.6) is 0 Å². The highest BCUT2D eigenvalue weighted by Crippen LogP contribution is 2.57. The van der Waals surface area contributed by atoms with Gasteiger partial charge in [0.1, 0.15) is 22.5 Å². The van der Waals surface area contributed by atoms with E-state index in [2.05, 4.69) is 176 Å². The van der Waals surface area contributed by atoms with Crippen LogP contribution in [0.25, 0.3) is 67.0 Å². The molecule has 2 unspecified atom stereocenters. The van der Waals surface area contributed by atoms with Crippen LogP contribution in [-0.2, 0) is 12.8 Å². The summed E-state index contributed by atoms with van der Waals surface area (Å²) in [6.45, 7) is 22.4. The minimum absolute atomic E-state index is 0.200. The summed E-state index contributed by atoms with van der Waals surface area (Å²) >= 11 is 0. The molecular formula is C63H69N3OSi+2. The number of rotatable bonds is 6. The molecule has 2 atom stereocenters. The summed E-state index contributed by atoms with van der Waals surface area (Å²) < 4.78 is 15.1. The maximum absolute atomic E-state index is 7.15. The third kappa shape index (κ3) is 6.50. The van der Waals surface area contributed by atoms with Gasteiger partial charge in [-0.25, -0.2) is 0 Å². The Balaban J connectivity index is 1.06. The highest BCUT2D eigenvalue weighted by Gasteiger charge is 2.50. The van der Waals surface area contributed by atoms with E-state index in [1.54, 1.807) is 10.8 Å². The summed E-state index contributed by atoms with van der Waals surface area (Å²) in [5.41, 5.74) is 17.9. The lowest BCUT2D eigenvalue weighted by atomic mass is 9.51. The molecule has 4 aliphatic carbocycles. The van der Waals surface area contributed by atoms with E-state index < -0.39 is 8.07 Å². The molecule has 5 heterocycles. The molecule has 4 saturated carbocycles. The number of para-hydroxylation sites is 4. The van der Waals surface area contributed by atoms with Crippen molar-refractivity contribution >= 4 is 51.9 Å². The first-order valence-electron chi connectivity index (χ1n) is 26.4. The number of aryl methyl sites for hydroxylation is 1. The second kappa shape index (κ2) is 15.8. The van der Waals surface area contributed by atoms with E-state index in [0.29, 0.717) is 17.8 Å². The van der Waals surface area contributed by atoms with Crippen LogP contribution in [0.2, 0.25) is 19.6 Å². The van der Waals surface area contributed by atoms with E-state index in [1.165, 1.54) is 99.7 Å². The van der Waals surface area contributed by atoms with Gasteiger partial charge in [-0.1, -0.05) is 133 Å². The van der Waals surface area contributed by atoms with Crippen molar-refractivity contribution in [1.29, 1.82) is 0 Å². The van der Waals surface area contributed by atoms with E-state index in [9.17, 15) is 0 Å². The maximum atomic E-state index is 7.15. The quantitative estimate of drug-likeness (QED) is 0.121. The number of hydrogen-bond acceptors (Lipinski definition) is 1. The molecule has 4 fully saturated rings. The largest absolute Gasteiger partial charge is 0.455 e. The molecule has 0 N–H and O–H groups in total. The van der Waals surface area contributed by atoms with Crippen LogP contribution in [0.3, 0.4) is 0 Å². The molecule has 4 nitrogen and oxygen atoms in total. The van der Waals surface area contributed by atoms with Crippen molar-refractivity contribution in [2.75, 3.05) is 0 Å². The number of hydrogen-bond donors (Lipinski definition) is 0. The van der Waals surface area contributed by atoms with E-state index in [1.807, 2.05) is 0 Å². The molecule has 0 spiro atoms. The average molecular weight is 912 g/mol. The Morgan fingerprint density at radius 1 is 0.750 bits per heavy atom. The second-order valence-corrected chi connectivity index (χ2v) is 28.8. The predicted octanol–water partition coefficient (Wildman–Crippen LogP) is 15.0. The van der Waals surface area contributed by atoms with Crippen molar-refractivity contribution in [3.63, 3.8) is 0 Å². The molecule has 8 aromatic rings. The zero-order valence-electron chi connectivity index (χ0n) is 41.5. The summed E-state index contributed by atoms with van der Waals surface area (Å²) in [6, 6.07) is 42.0. The first-order valence-corrected chi connectivity index (χ1v) is 29.9. The molecule has 344 valence electrons. The molecule has 68 heavy (non-hydrogen) atoms. The fourth-order valence-corrected chi connectivity index (χ4v) is 16.9. The average Bonchev–Trinajstić information content (AvgIpc) is 3.87. The first-order chi connectivity index (χ1) is 32.9. The van der Waals surface area contributed by atoms with Crippen LogP contribution < -0.4 is 14.3 Å². The molecule has 5 aromatic carbocycles. The molecule has 5 heteroatoms. The van der Waals surface area contributed by atoms with Crippen molar-refractivity contribution in [2.24, 2.45) is 29.6 Å². The zero-order valence-corrected chi connectivity index (χ0v) is 42.5. The Labute approximate surface area is 404 Å². The fourth-order valence-electron chi connectivity index (χ4n) is 15.3. The molecule has 14 rings (SSSR count). The molecule has 4 bridgehead atoms. The monoisotopic (exact) mass is 912 g/mol. The van der Waals surface area contributed by atoms with Gasteiger partial charge in [0.25, 0.3) is 0 Å². The minimum atomic E-state index is -1.78. The van der Waals surface area contributed by atoms with Crippen LogP contribution in [0.1, 0.15) is 124 Å². The van der Waals surface area contributed by atoms with Gasteiger partial charge < -0.3 is 4.42 Å². The number of nitrogens with zero attached hydrogens (tertiary/aromatic N) is 3. The summed E-state index contributed by atoms with van der Waals surface area (Å²) in [6.07, 6.45) is 14.2. The third-order valence-corrected chi connectivity index (χ3v) is 20.1. The standard InChI is InChI=1S/C63H69N3OSi/c1-37(2)46-19-15-20-47(38(3)4)61(46)66-55-22-13-12-21-54(55)65-39(5)28-56-50(26-24-42-25-27-52-51-18-11-14-23-58(51)67-62(52)60(42)63(65)66)48-16-9-10-17-49(48)57-35-45(59(36-64(56)57)68(6,7)8)34-53-43-30-40-29-41(32-43)33-44(53)31-40/h9-23,25,27,35-38,40-41,43-44,50,53,56H,5,24,26,28-34H2,1-4,6-8H3/q+2. The highest BCUT2D eigenvalue weighted by atomic mass is 28.3. The molecule has 0 amide bonds. The maximum Gasteiger partial charge on any atom is 0.304 e. The van der Waals surface area contributed by atoms with Crippen LogP contribution >= 0.6 is 0 Å². The lowest BCUT2D eigenvalue weighted by molar-refractivity contribution is -0.719. The van der Waals surface area contributed by atoms with E-state index in [4.69, 9.17) is 11.0 Å². The highest BCUT2D eigenvalue weighted by molar-refractivity contribution is 6.89. The second-order valence-electron chi connectivity index (χ2n) is 23.8. The lowest BCUT2D eigenvalue weighted by Crippen LogP contribution is -2.55. The number of furan rings is 1. The Hall–Kier alpha value is -5.52. The molecular weight excluding hydrogens is 843 g/mol. The number of pyridine rings is 1. The van der Waals surface area contributed by atoms with E-state index in [0.717, 1.165) is 76.9 Å². The smallest absolute Gasteiger partial charge is 0.304 e. The van der Waals surface area contributed by atoms with Crippen LogP contribution in [0.4, 0.5) is 0 Å². The molecule has 2 aliphatic heterocycles. The summed E-state index contributed by atoms with van der Waals surface area (Å²) in [5, 5.41) is 4.00. The van der Waals surface area contributed by atoms with Gasteiger partial charge in [0.15, 0.2) is 28.9 Å². The van der Waals surface area contributed by atoms with Gasteiger partial charge >= 0.3 is 5.82 Å². The Kier molecular flexibility index (Phi) is 9.86. The molecule has 3 aromatic heterocycles. The van der Waals surface area contributed by atoms with Crippen molar-refractivity contribution < 1.29 is 13.6 Å². The molecule has 0 saturated heterocycles. The number of allylic oxidation sites excluding steroid dienone is 1. The van der Waals surface area contributed by atoms with Crippen molar-refractivity contribution in [3.8, 4) is 28.3 Å². The topological polar surface area (TPSA) is 25.8 Å². The number of imidazole rings is 1. The fraction of sp³-hybridized carbons (Fsp3) is 0.397. The van der Waals surface area contributed by atoms with Gasteiger partial charge in [-0.2, -0.15) is 13.7 Å². The van der Waals surface area contributed by atoms with Crippen molar-refractivity contribution in [2.45, 2.75) is 129 Å². The summed E-state index contributed by atoms with van der Waals surface area (Å²) in [4.78, 5) is 0. The van der Waals surface area contributed by atoms with Crippen LogP contribution in [0, 0.1) is 29.6 Å². The number of aromatic nitrogens is 3. The van der Waals surface area contributed by atoms with Gasteiger partial charge in [-0.15, -0.1) is 0 Å². The minimum Gasteiger partial charge on any atom is -0.455 e. The van der Waals surface area contributed by atoms with Gasteiger partial charge in [0, 0.05) is 44.6 Å². The normalized spacial score (nSPS) is 24.1. The molecule has 6 aliphatic rings. The first kappa shape index (κ1) is 42.6. The van der Waals surface area contributed by atoms with Crippen LogP contribution in [-0.4, -0.2) is 12.6 Å². The molecule has 0 radical (unpaired) electrons. The van der Waals surface area contributed by atoms with Gasteiger partial charge in [-0.3, -0.25) is 0 Å². The van der Waals surface area contributed by atoms with Crippen molar-refractivity contribution in [1.82, 2.24) is 4.57 Å². The zero-order chi connectivity index (χ0) is 46.3. The third-order valence-electron chi connectivity index (χ3n) is 18.0. The van der Waals surface area contributed by atoms with Crippen LogP contribution in [0.15, 0.2) is 126 Å².